The van der Waals surface area contributed by atoms with E-state index in [1.807, 2.05) is 18.2 Å². The van der Waals surface area contributed by atoms with Gasteiger partial charge in [-0.05, 0) is 36.7 Å². The molecule has 0 radical (unpaired) electrons. The van der Waals surface area contributed by atoms with E-state index in [-0.39, 0.29) is 11.7 Å². The summed E-state index contributed by atoms with van der Waals surface area (Å²) in [6.07, 6.45) is 1.30. The zero-order valence-electron chi connectivity index (χ0n) is 11.8. The molecule has 2 aromatic carbocycles. The van der Waals surface area contributed by atoms with E-state index in [4.69, 9.17) is 0 Å². The number of carbonyl (C=O) groups is 1. The van der Waals surface area contributed by atoms with Gasteiger partial charge in [0.1, 0.15) is 5.82 Å². The van der Waals surface area contributed by atoms with Gasteiger partial charge in [0.05, 0.1) is 0 Å². The van der Waals surface area contributed by atoms with Gasteiger partial charge in [-0.1, -0.05) is 36.4 Å². The average Bonchev–Trinajstić information content (AvgIpc) is 2.48. The molecule has 0 unspecified atom stereocenters. The third-order valence-corrected chi connectivity index (χ3v) is 3.07. The Bertz CT molecular complexity index is 572. The Kier molecular flexibility index (Phi) is 5.91. The van der Waals surface area contributed by atoms with Crippen molar-refractivity contribution in [3.8, 4) is 0 Å². The van der Waals surface area contributed by atoms with Crippen LogP contribution >= 0.6 is 0 Å². The van der Waals surface area contributed by atoms with Crippen molar-refractivity contribution < 1.29 is 9.18 Å². The van der Waals surface area contributed by atoms with Crippen LogP contribution < -0.4 is 10.6 Å². The van der Waals surface area contributed by atoms with E-state index < -0.39 is 0 Å². The van der Waals surface area contributed by atoms with Gasteiger partial charge in [0.15, 0.2) is 0 Å². The number of rotatable bonds is 7. The van der Waals surface area contributed by atoms with Crippen molar-refractivity contribution in [1.82, 2.24) is 5.32 Å². The third-order valence-electron chi connectivity index (χ3n) is 3.07. The van der Waals surface area contributed by atoms with Crippen LogP contribution in [0.1, 0.15) is 12.0 Å². The van der Waals surface area contributed by atoms with Crippen molar-refractivity contribution in [3.63, 3.8) is 0 Å². The molecule has 0 aliphatic rings. The largest absolute Gasteiger partial charge is 0.326 e. The minimum absolute atomic E-state index is 0.118. The summed E-state index contributed by atoms with van der Waals surface area (Å²) in [4.78, 5) is 11.7. The Morgan fingerprint density at radius 1 is 1.00 bits per heavy atom. The van der Waals surface area contributed by atoms with Crippen LogP contribution in [-0.4, -0.2) is 19.0 Å². The van der Waals surface area contributed by atoms with Crippen molar-refractivity contribution in [1.29, 1.82) is 0 Å². The molecule has 0 aliphatic carbocycles. The number of hydrogen-bond donors (Lipinski definition) is 2. The van der Waals surface area contributed by atoms with Crippen molar-refractivity contribution >= 4 is 11.6 Å². The molecule has 2 N–H and O–H groups in total. The normalized spacial score (nSPS) is 10.3. The van der Waals surface area contributed by atoms with Crippen molar-refractivity contribution in [2.75, 3.05) is 18.4 Å². The minimum atomic E-state index is -0.353. The molecular weight excluding hydrogens is 267 g/mol. The number of halogens is 1. The zero-order valence-corrected chi connectivity index (χ0v) is 11.8. The number of anilines is 1. The van der Waals surface area contributed by atoms with Gasteiger partial charge in [0.25, 0.3) is 0 Å². The summed E-state index contributed by atoms with van der Waals surface area (Å²) in [5, 5.41) is 5.90. The molecule has 1 amide bonds. The van der Waals surface area contributed by atoms with Gasteiger partial charge in [-0.25, -0.2) is 4.39 Å². The van der Waals surface area contributed by atoms with Crippen LogP contribution in [-0.2, 0) is 11.2 Å². The van der Waals surface area contributed by atoms with Gasteiger partial charge < -0.3 is 10.6 Å². The molecule has 3 nitrogen and oxygen atoms in total. The fourth-order valence-corrected chi connectivity index (χ4v) is 1.99. The van der Waals surface area contributed by atoms with Crippen LogP contribution in [0.3, 0.4) is 0 Å². The molecule has 0 saturated carbocycles. The monoisotopic (exact) mass is 286 g/mol. The fourth-order valence-electron chi connectivity index (χ4n) is 1.99. The molecule has 0 spiro atoms. The number of carbonyl (C=O) groups excluding carboxylic acids is 1. The zero-order chi connectivity index (χ0) is 14.9. The third kappa shape index (κ3) is 5.75. The summed E-state index contributed by atoms with van der Waals surface area (Å²) >= 11 is 0. The second kappa shape index (κ2) is 8.17. The Labute approximate surface area is 124 Å². The molecule has 0 heterocycles. The van der Waals surface area contributed by atoms with Crippen molar-refractivity contribution in [2.45, 2.75) is 12.8 Å². The lowest BCUT2D eigenvalue weighted by molar-refractivity contribution is -0.116. The van der Waals surface area contributed by atoms with E-state index in [2.05, 4.69) is 22.8 Å². The smallest absolute Gasteiger partial charge is 0.225 e. The van der Waals surface area contributed by atoms with E-state index in [9.17, 15) is 9.18 Å². The van der Waals surface area contributed by atoms with Crippen LogP contribution in [0.15, 0.2) is 54.6 Å². The number of nitrogens with one attached hydrogen (secondary N) is 2. The lowest BCUT2D eigenvalue weighted by Gasteiger charge is -2.07. The predicted octanol–water partition coefficient (Wildman–Crippen LogP) is 2.99. The maximum atomic E-state index is 13.0. The first-order chi connectivity index (χ1) is 10.2. The van der Waals surface area contributed by atoms with Gasteiger partial charge >= 0.3 is 0 Å². The molecule has 0 bridgehead atoms. The van der Waals surface area contributed by atoms with Gasteiger partial charge in [0, 0.05) is 18.7 Å². The number of hydrogen-bond acceptors (Lipinski definition) is 2. The van der Waals surface area contributed by atoms with E-state index >= 15 is 0 Å². The maximum absolute atomic E-state index is 13.0. The van der Waals surface area contributed by atoms with Crippen LogP contribution in [0.2, 0.25) is 0 Å². The Morgan fingerprint density at radius 2 is 1.81 bits per heavy atom. The van der Waals surface area contributed by atoms with Gasteiger partial charge in [-0.2, -0.15) is 0 Å². The molecule has 21 heavy (non-hydrogen) atoms. The predicted molar refractivity (Wildman–Crippen MR) is 82.7 cm³/mol. The van der Waals surface area contributed by atoms with Crippen LogP contribution in [0.25, 0.3) is 0 Å². The standard InChI is InChI=1S/C17H19FN2O/c18-15-7-4-8-16(13-15)20-17(21)10-12-19-11-9-14-5-2-1-3-6-14/h1-8,13,19H,9-12H2,(H,20,21). The van der Waals surface area contributed by atoms with Gasteiger partial charge in [-0.15, -0.1) is 0 Å². The molecule has 0 saturated heterocycles. The highest BCUT2D eigenvalue weighted by Gasteiger charge is 2.02. The summed E-state index contributed by atoms with van der Waals surface area (Å²) in [6.45, 7) is 1.44. The molecule has 0 atom stereocenters. The van der Waals surface area contributed by atoms with E-state index in [0.717, 1.165) is 13.0 Å². The Hall–Kier alpha value is -2.20. The second-order valence-corrected chi connectivity index (χ2v) is 4.79. The Balaban J connectivity index is 1.61. The topological polar surface area (TPSA) is 41.1 Å². The molecule has 2 rings (SSSR count). The number of benzene rings is 2. The lowest BCUT2D eigenvalue weighted by atomic mass is 10.1. The molecule has 2 aromatic rings. The van der Waals surface area contributed by atoms with E-state index in [1.165, 1.54) is 17.7 Å². The highest BCUT2D eigenvalue weighted by molar-refractivity contribution is 5.90. The molecular formula is C17H19FN2O. The first-order valence-electron chi connectivity index (χ1n) is 7.04. The summed E-state index contributed by atoms with van der Waals surface area (Å²) in [7, 11) is 0. The van der Waals surface area contributed by atoms with Crippen LogP contribution in [0.4, 0.5) is 10.1 Å². The lowest BCUT2D eigenvalue weighted by Crippen LogP contribution is -2.23. The SMILES string of the molecule is O=C(CCNCCc1ccccc1)Nc1cccc(F)c1. The second-order valence-electron chi connectivity index (χ2n) is 4.79. The quantitative estimate of drug-likeness (QED) is 0.768. The van der Waals surface area contributed by atoms with Crippen molar-refractivity contribution in [2.24, 2.45) is 0 Å². The number of amides is 1. The van der Waals surface area contributed by atoms with Crippen molar-refractivity contribution in [3.05, 3.63) is 66.0 Å². The average molecular weight is 286 g/mol. The van der Waals surface area contributed by atoms with Crippen LogP contribution in [0.5, 0.6) is 0 Å². The van der Waals surface area contributed by atoms with Gasteiger partial charge in [0.2, 0.25) is 5.91 Å². The maximum Gasteiger partial charge on any atom is 0.225 e. The molecule has 0 fully saturated rings. The fraction of sp³-hybridized carbons (Fsp3) is 0.235. The highest BCUT2D eigenvalue weighted by Crippen LogP contribution is 2.09. The summed E-state index contributed by atoms with van der Waals surface area (Å²) in [6, 6.07) is 16.1. The summed E-state index contributed by atoms with van der Waals surface area (Å²) in [5.41, 5.74) is 1.76. The minimum Gasteiger partial charge on any atom is -0.326 e. The van der Waals surface area contributed by atoms with Gasteiger partial charge in [-0.3, -0.25) is 4.79 Å². The molecule has 4 heteroatoms. The van der Waals surface area contributed by atoms with Crippen LogP contribution in [0, 0.1) is 5.82 Å². The highest BCUT2D eigenvalue weighted by atomic mass is 19.1. The molecule has 0 aromatic heterocycles. The Morgan fingerprint density at radius 3 is 2.57 bits per heavy atom. The molecule has 0 aliphatic heterocycles. The van der Waals surface area contributed by atoms with E-state index in [1.54, 1.807) is 12.1 Å². The first-order valence-corrected chi connectivity index (χ1v) is 7.04. The summed E-state index contributed by atoms with van der Waals surface area (Å²) in [5.74, 6) is -0.471. The first kappa shape index (κ1) is 15.2. The summed E-state index contributed by atoms with van der Waals surface area (Å²) < 4.78 is 13.0. The molecule has 110 valence electrons. The van der Waals surface area contributed by atoms with E-state index in [0.29, 0.717) is 18.7 Å².